The Labute approximate surface area is 136 Å². The lowest BCUT2D eigenvalue weighted by atomic mass is 10.1. The van der Waals surface area contributed by atoms with Gasteiger partial charge in [0.25, 0.3) is 0 Å². The van der Waals surface area contributed by atoms with Crippen molar-refractivity contribution in [2.45, 2.75) is 19.4 Å². The third-order valence-corrected chi connectivity index (χ3v) is 6.47. The third kappa shape index (κ3) is 3.28. The molecule has 0 saturated carbocycles. The average molecular weight is 458 g/mol. The van der Waals surface area contributed by atoms with Gasteiger partial charge in [0.2, 0.25) is 0 Å². The normalized spacial score (nSPS) is 12.9. The van der Waals surface area contributed by atoms with E-state index >= 15 is 0 Å². The molecule has 0 fully saturated rings. The summed E-state index contributed by atoms with van der Waals surface area (Å²) in [5, 5.41) is 3.55. The molecule has 1 unspecified atom stereocenters. The van der Waals surface area contributed by atoms with Crippen molar-refractivity contribution in [3.8, 4) is 0 Å². The van der Waals surface area contributed by atoms with Crippen LogP contribution in [0.2, 0.25) is 0 Å². The summed E-state index contributed by atoms with van der Waals surface area (Å²) in [4.78, 5) is 1.25. The molecule has 0 bridgehead atoms. The first-order valence-electron chi connectivity index (χ1n) is 5.54. The summed E-state index contributed by atoms with van der Waals surface area (Å²) in [5.41, 5.74) is 1.13. The van der Waals surface area contributed by atoms with Crippen molar-refractivity contribution >= 4 is 59.1 Å². The minimum atomic E-state index is 0.158. The van der Waals surface area contributed by atoms with E-state index in [1.807, 2.05) is 6.07 Å². The highest BCUT2D eigenvalue weighted by molar-refractivity contribution is 9.13. The van der Waals surface area contributed by atoms with Crippen molar-refractivity contribution in [2.24, 2.45) is 0 Å². The minimum absolute atomic E-state index is 0.158. The summed E-state index contributed by atoms with van der Waals surface area (Å²) in [6.45, 7) is 3.13. The van der Waals surface area contributed by atoms with Crippen LogP contribution in [-0.2, 0) is 0 Å². The van der Waals surface area contributed by atoms with E-state index in [2.05, 4.69) is 66.1 Å². The molecule has 2 heterocycles. The molecule has 18 heavy (non-hydrogen) atoms. The summed E-state index contributed by atoms with van der Waals surface area (Å²) in [6, 6.07) is 4.30. The Morgan fingerprint density at radius 2 is 2.17 bits per heavy atom. The SMILES string of the molecule is CCCNC(c1cc(Br)c(Br)s1)c1ccoc1Br. The molecule has 0 aromatic carbocycles. The molecule has 0 amide bonds. The van der Waals surface area contributed by atoms with E-state index in [1.165, 1.54) is 4.88 Å². The van der Waals surface area contributed by atoms with Crippen molar-refractivity contribution in [3.05, 3.63) is 41.8 Å². The van der Waals surface area contributed by atoms with Gasteiger partial charge in [0.1, 0.15) is 0 Å². The predicted molar refractivity (Wildman–Crippen MR) is 86.3 cm³/mol. The molecule has 0 aliphatic heterocycles. The summed E-state index contributed by atoms with van der Waals surface area (Å²) < 4.78 is 8.33. The van der Waals surface area contributed by atoms with E-state index in [0.717, 1.165) is 31.5 Å². The number of hydrogen-bond donors (Lipinski definition) is 1. The fraction of sp³-hybridized carbons (Fsp3) is 0.333. The Hall–Kier alpha value is 0.380. The summed E-state index contributed by atoms with van der Waals surface area (Å²) >= 11 is 12.3. The van der Waals surface area contributed by atoms with Crippen molar-refractivity contribution < 1.29 is 4.42 Å². The predicted octanol–water partition coefficient (Wildman–Crippen LogP) is 5.72. The molecule has 2 nitrogen and oxygen atoms in total. The fourth-order valence-electron chi connectivity index (χ4n) is 1.67. The van der Waals surface area contributed by atoms with Crippen LogP contribution < -0.4 is 5.32 Å². The van der Waals surface area contributed by atoms with Crippen molar-refractivity contribution in [3.63, 3.8) is 0 Å². The van der Waals surface area contributed by atoms with E-state index in [9.17, 15) is 0 Å². The third-order valence-electron chi connectivity index (χ3n) is 2.50. The first-order valence-corrected chi connectivity index (χ1v) is 8.74. The van der Waals surface area contributed by atoms with Crippen LogP contribution in [0, 0.1) is 0 Å². The molecular weight excluding hydrogens is 446 g/mol. The molecule has 0 spiro atoms. The van der Waals surface area contributed by atoms with Gasteiger partial charge in [0.15, 0.2) is 4.67 Å². The lowest BCUT2D eigenvalue weighted by Crippen LogP contribution is -2.22. The average Bonchev–Trinajstić information content (AvgIpc) is 2.88. The van der Waals surface area contributed by atoms with E-state index in [-0.39, 0.29) is 6.04 Å². The van der Waals surface area contributed by atoms with Crippen molar-refractivity contribution in [1.82, 2.24) is 5.32 Å². The van der Waals surface area contributed by atoms with E-state index in [1.54, 1.807) is 17.6 Å². The van der Waals surface area contributed by atoms with Gasteiger partial charge in [-0.3, -0.25) is 0 Å². The second-order valence-corrected chi connectivity index (χ2v) is 7.78. The molecule has 2 aromatic heterocycles. The van der Waals surface area contributed by atoms with Gasteiger partial charge in [-0.15, -0.1) is 11.3 Å². The van der Waals surface area contributed by atoms with Crippen LogP contribution in [0.15, 0.2) is 35.7 Å². The molecule has 1 N–H and O–H groups in total. The van der Waals surface area contributed by atoms with Crippen LogP contribution in [-0.4, -0.2) is 6.54 Å². The Morgan fingerprint density at radius 1 is 1.39 bits per heavy atom. The number of hydrogen-bond acceptors (Lipinski definition) is 3. The number of thiophene rings is 1. The van der Waals surface area contributed by atoms with E-state index in [0.29, 0.717) is 0 Å². The molecule has 1 atom stereocenters. The smallest absolute Gasteiger partial charge is 0.174 e. The standard InChI is InChI=1S/C12H12Br3NOS/c1-2-4-16-10(7-3-5-17-11(7)14)9-6-8(13)12(15)18-9/h3,5-6,10,16H,2,4H2,1H3. The zero-order valence-corrected chi connectivity index (χ0v) is 15.2. The van der Waals surface area contributed by atoms with Crippen LogP contribution >= 0.6 is 59.1 Å². The van der Waals surface area contributed by atoms with E-state index < -0.39 is 0 Å². The second-order valence-electron chi connectivity index (χ2n) is 3.81. The maximum absolute atomic E-state index is 5.34. The molecule has 2 aromatic rings. The Morgan fingerprint density at radius 3 is 2.67 bits per heavy atom. The molecular formula is C12H12Br3NOS. The summed E-state index contributed by atoms with van der Waals surface area (Å²) in [6.07, 6.45) is 2.80. The quantitative estimate of drug-likeness (QED) is 0.621. The lowest BCUT2D eigenvalue weighted by Gasteiger charge is -2.16. The Balaban J connectivity index is 2.33. The largest absolute Gasteiger partial charge is 0.457 e. The Bertz CT molecular complexity index is 504. The summed E-state index contributed by atoms with van der Waals surface area (Å²) in [5.74, 6) is 0. The van der Waals surface area contributed by atoms with Gasteiger partial charge in [0.05, 0.1) is 16.1 Å². The van der Waals surface area contributed by atoms with Crippen LogP contribution in [0.4, 0.5) is 0 Å². The number of halogens is 3. The first-order chi connectivity index (χ1) is 8.63. The molecule has 6 heteroatoms. The van der Waals surface area contributed by atoms with Gasteiger partial charge in [-0.2, -0.15) is 0 Å². The van der Waals surface area contributed by atoms with E-state index in [4.69, 9.17) is 4.42 Å². The number of nitrogens with one attached hydrogen (secondary N) is 1. The molecule has 0 aliphatic carbocycles. The van der Waals surface area contributed by atoms with Crippen LogP contribution in [0.1, 0.15) is 29.8 Å². The number of rotatable bonds is 5. The van der Waals surface area contributed by atoms with Gasteiger partial charge in [0, 0.05) is 14.9 Å². The zero-order valence-electron chi connectivity index (χ0n) is 9.67. The van der Waals surface area contributed by atoms with Crippen molar-refractivity contribution in [2.75, 3.05) is 6.54 Å². The van der Waals surface area contributed by atoms with Gasteiger partial charge < -0.3 is 9.73 Å². The van der Waals surface area contributed by atoms with Crippen molar-refractivity contribution in [1.29, 1.82) is 0 Å². The molecule has 0 radical (unpaired) electrons. The summed E-state index contributed by atoms with van der Waals surface area (Å²) in [7, 11) is 0. The van der Waals surface area contributed by atoms with Gasteiger partial charge in [-0.1, -0.05) is 6.92 Å². The zero-order chi connectivity index (χ0) is 13.1. The lowest BCUT2D eigenvalue weighted by molar-refractivity contribution is 0.525. The topological polar surface area (TPSA) is 25.2 Å². The van der Waals surface area contributed by atoms with Gasteiger partial charge in [-0.25, -0.2) is 0 Å². The van der Waals surface area contributed by atoms with Crippen LogP contribution in [0.25, 0.3) is 0 Å². The van der Waals surface area contributed by atoms with Crippen LogP contribution in [0.5, 0.6) is 0 Å². The highest BCUT2D eigenvalue weighted by Gasteiger charge is 2.21. The molecule has 2 rings (SSSR count). The van der Waals surface area contributed by atoms with Gasteiger partial charge >= 0.3 is 0 Å². The van der Waals surface area contributed by atoms with Crippen LogP contribution in [0.3, 0.4) is 0 Å². The Kier molecular flexibility index (Phi) is 5.50. The molecule has 98 valence electrons. The highest BCUT2D eigenvalue weighted by Crippen LogP contribution is 2.39. The maximum atomic E-state index is 5.34. The molecule has 0 aliphatic rings. The van der Waals surface area contributed by atoms with Gasteiger partial charge in [-0.05, 0) is 72.9 Å². The number of furan rings is 1. The minimum Gasteiger partial charge on any atom is -0.457 e. The fourth-order valence-corrected chi connectivity index (χ4v) is 4.32. The maximum Gasteiger partial charge on any atom is 0.174 e. The monoisotopic (exact) mass is 455 g/mol. The first kappa shape index (κ1) is 14.8. The molecule has 0 saturated heterocycles. The second kappa shape index (κ2) is 6.70. The highest BCUT2D eigenvalue weighted by atomic mass is 79.9.